The molecule has 0 heterocycles. The van der Waals surface area contributed by atoms with Crippen LogP contribution < -0.4 is 0 Å². The predicted octanol–water partition coefficient (Wildman–Crippen LogP) is 8.10. The lowest BCUT2D eigenvalue weighted by Crippen LogP contribution is -2.57. The number of alkyl halides is 2. The Bertz CT molecular complexity index is 635. The number of rotatable bonds is 6. The van der Waals surface area contributed by atoms with Gasteiger partial charge in [0.05, 0.1) is 0 Å². The molecule has 4 aliphatic carbocycles. The van der Waals surface area contributed by atoms with Crippen LogP contribution in [0.15, 0.2) is 0 Å². The zero-order valence-electron chi connectivity index (χ0n) is 20.8. The summed E-state index contributed by atoms with van der Waals surface area (Å²) >= 11 is 0. The lowest BCUT2D eigenvalue weighted by atomic mass is 9.43. The summed E-state index contributed by atoms with van der Waals surface area (Å²) in [6.45, 7) is 12.2. The molecule has 0 amide bonds. The molecule has 9 atom stereocenters. The second-order valence-corrected chi connectivity index (χ2v) is 13.3. The minimum absolute atomic E-state index is 0.159. The molecule has 180 valence electrons. The largest absolute Gasteiger partial charge is 0.384 e. The van der Waals surface area contributed by atoms with E-state index in [9.17, 15) is 13.9 Å². The van der Waals surface area contributed by atoms with Crippen LogP contribution in [0.1, 0.15) is 112 Å². The molecule has 0 spiro atoms. The van der Waals surface area contributed by atoms with Gasteiger partial charge in [0.15, 0.2) is 0 Å². The maximum atomic E-state index is 13.5. The van der Waals surface area contributed by atoms with Gasteiger partial charge in [-0.05, 0) is 110 Å². The first-order valence-electron chi connectivity index (χ1n) is 13.5. The van der Waals surface area contributed by atoms with Gasteiger partial charge in [0.1, 0.15) is 5.60 Å². The van der Waals surface area contributed by atoms with E-state index in [1.165, 1.54) is 51.4 Å². The topological polar surface area (TPSA) is 20.2 Å². The van der Waals surface area contributed by atoms with Crippen molar-refractivity contribution in [1.29, 1.82) is 0 Å². The van der Waals surface area contributed by atoms with Gasteiger partial charge < -0.3 is 5.11 Å². The molecule has 0 saturated heterocycles. The van der Waals surface area contributed by atoms with Gasteiger partial charge in [-0.2, -0.15) is 0 Å². The van der Waals surface area contributed by atoms with Gasteiger partial charge in [-0.1, -0.05) is 53.9 Å². The quantitative estimate of drug-likeness (QED) is 0.444. The van der Waals surface area contributed by atoms with Crippen LogP contribution in [0.25, 0.3) is 0 Å². The minimum atomic E-state index is -2.60. The Labute approximate surface area is 190 Å². The Balaban J connectivity index is 1.46. The molecule has 4 saturated carbocycles. The van der Waals surface area contributed by atoms with E-state index in [0.29, 0.717) is 24.2 Å². The SMILES string of the molecule is CC(C)CCC[C@@H](C)[C@H]1CC[C@H]2[C@@H]3CC[C@H]4C[C@@](O)(C(F)F)CC[C@]4(C)[C@H]3CC[C@]12C. The Kier molecular flexibility index (Phi) is 6.61. The summed E-state index contributed by atoms with van der Waals surface area (Å²) in [5.41, 5.74) is -1.09. The molecule has 0 bridgehead atoms. The standard InChI is InChI=1S/C28H48F2O/c1-18(2)7-6-8-19(3)22-11-12-23-21-10-9-20-17-28(31,25(29)30)16-15-26(20,4)24(21)13-14-27(22,23)5/h18-25,31H,6-17H2,1-5H3/t19-,20+,21+,22-,23+,24+,26+,27-,28-/m1/s1. The number of hydrogen-bond acceptors (Lipinski definition) is 1. The zero-order chi connectivity index (χ0) is 22.6. The van der Waals surface area contributed by atoms with Crippen LogP contribution in [0.3, 0.4) is 0 Å². The Hall–Kier alpha value is -0.180. The number of fused-ring (bicyclic) bond motifs is 5. The van der Waals surface area contributed by atoms with Crippen molar-refractivity contribution in [2.75, 3.05) is 0 Å². The third-order valence-corrected chi connectivity index (χ3v) is 11.4. The summed E-state index contributed by atoms with van der Waals surface area (Å²) in [6.07, 6.45) is 10.6. The fraction of sp³-hybridized carbons (Fsp3) is 1.00. The van der Waals surface area contributed by atoms with Crippen molar-refractivity contribution >= 4 is 0 Å². The van der Waals surface area contributed by atoms with E-state index in [2.05, 4.69) is 34.6 Å². The van der Waals surface area contributed by atoms with Gasteiger partial charge in [0.25, 0.3) is 6.43 Å². The second kappa shape index (κ2) is 8.55. The van der Waals surface area contributed by atoms with Gasteiger partial charge >= 0.3 is 0 Å². The molecular weight excluding hydrogens is 390 g/mol. The highest BCUT2D eigenvalue weighted by Gasteiger charge is 2.62. The summed E-state index contributed by atoms with van der Waals surface area (Å²) in [5, 5.41) is 10.5. The molecule has 0 aromatic carbocycles. The van der Waals surface area contributed by atoms with Gasteiger partial charge in [-0.25, -0.2) is 8.78 Å². The molecular formula is C28H48F2O. The average Bonchev–Trinajstić information content (AvgIpc) is 3.05. The van der Waals surface area contributed by atoms with Gasteiger partial charge in [0.2, 0.25) is 0 Å². The molecule has 31 heavy (non-hydrogen) atoms. The van der Waals surface area contributed by atoms with Crippen LogP contribution in [0, 0.1) is 52.3 Å². The van der Waals surface area contributed by atoms with Crippen molar-refractivity contribution in [1.82, 2.24) is 0 Å². The van der Waals surface area contributed by atoms with Gasteiger partial charge in [-0.3, -0.25) is 0 Å². The molecule has 0 aromatic rings. The molecule has 3 heteroatoms. The van der Waals surface area contributed by atoms with Crippen LogP contribution >= 0.6 is 0 Å². The molecule has 1 nitrogen and oxygen atoms in total. The van der Waals surface area contributed by atoms with Crippen molar-refractivity contribution in [3.05, 3.63) is 0 Å². The van der Waals surface area contributed by atoms with Crippen molar-refractivity contribution in [3.8, 4) is 0 Å². The summed E-state index contributed by atoms with van der Waals surface area (Å²) in [7, 11) is 0. The molecule has 4 aliphatic rings. The first kappa shape index (κ1) is 24.0. The van der Waals surface area contributed by atoms with Crippen molar-refractivity contribution in [2.24, 2.45) is 52.3 Å². The summed E-state index contributed by atoms with van der Waals surface area (Å²) < 4.78 is 27.1. The highest BCUT2D eigenvalue weighted by Crippen LogP contribution is 2.69. The number of halogens is 2. The predicted molar refractivity (Wildman–Crippen MR) is 124 cm³/mol. The maximum absolute atomic E-state index is 13.5. The summed E-state index contributed by atoms with van der Waals surface area (Å²) in [4.78, 5) is 0. The highest BCUT2D eigenvalue weighted by molar-refractivity contribution is 5.11. The zero-order valence-corrected chi connectivity index (χ0v) is 20.8. The van der Waals surface area contributed by atoms with Gasteiger partial charge in [-0.15, -0.1) is 0 Å². The lowest BCUT2D eigenvalue weighted by molar-refractivity contribution is -0.187. The smallest absolute Gasteiger partial charge is 0.266 e. The van der Waals surface area contributed by atoms with Crippen LogP contribution in [-0.2, 0) is 0 Å². The maximum Gasteiger partial charge on any atom is 0.266 e. The molecule has 4 rings (SSSR count). The van der Waals surface area contributed by atoms with Crippen LogP contribution in [0.5, 0.6) is 0 Å². The summed E-state index contributed by atoms with van der Waals surface area (Å²) in [6, 6.07) is 0. The number of aliphatic hydroxyl groups is 1. The van der Waals surface area contributed by atoms with E-state index in [-0.39, 0.29) is 11.3 Å². The first-order chi connectivity index (χ1) is 14.5. The monoisotopic (exact) mass is 438 g/mol. The molecule has 0 aliphatic heterocycles. The molecule has 0 radical (unpaired) electrons. The average molecular weight is 439 g/mol. The van der Waals surface area contributed by atoms with Crippen molar-refractivity contribution in [2.45, 2.75) is 124 Å². The summed E-state index contributed by atoms with van der Waals surface area (Å²) in [5.74, 6) is 5.07. The van der Waals surface area contributed by atoms with Crippen molar-refractivity contribution < 1.29 is 13.9 Å². The first-order valence-corrected chi connectivity index (χ1v) is 13.5. The van der Waals surface area contributed by atoms with Crippen molar-refractivity contribution in [3.63, 3.8) is 0 Å². The van der Waals surface area contributed by atoms with E-state index >= 15 is 0 Å². The van der Waals surface area contributed by atoms with E-state index in [1.54, 1.807) is 0 Å². The minimum Gasteiger partial charge on any atom is -0.384 e. The third kappa shape index (κ3) is 4.01. The fourth-order valence-corrected chi connectivity index (χ4v) is 9.50. The Morgan fingerprint density at radius 2 is 1.55 bits per heavy atom. The van der Waals surface area contributed by atoms with E-state index in [4.69, 9.17) is 0 Å². The lowest BCUT2D eigenvalue weighted by Gasteiger charge is -2.62. The fourth-order valence-electron chi connectivity index (χ4n) is 9.50. The second-order valence-electron chi connectivity index (χ2n) is 13.3. The van der Waals surface area contributed by atoms with E-state index in [0.717, 1.165) is 42.4 Å². The van der Waals surface area contributed by atoms with E-state index < -0.39 is 12.0 Å². The molecule has 1 N–H and O–H groups in total. The number of hydrogen-bond donors (Lipinski definition) is 1. The van der Waals surface area contributed by atoms with E-state index in [1.807, 2.05) is 0 Å². The highest BCUT2D eigenvalue weighted by atomic mass is 19.3. The molecule has 4 fully saturated rings. The third-order valence-electron chi connectivity index (χ3n) is 11.4. The van der Waals surface area contributed by atoms with Crippen LogP contribution in [0.4, 0.5) is 8.78 Å². The Morgan fingerprint density at radius 3 is 2.23 bits per heavy atom. The molecule has 0 unspecified atom stereocenters. The molecule has 0 aromatic heterocycles. The van der Waals surface area contributed by atoms with Crippen LogP contribution in [-0.4, -0.2) is 17.1 Å². The van der Waals surface area contributed by atoms with Gasteiger partial charge in [0, 0.05) is 0 Å². The Morgan fingerprint density at radius 1 is 0.839 bits per heavy atom. The van der Waals surface area contributed by atoms with Crippen LogP contribution in [0.2, 0.25) is 0 Å². The normalized spacial score (nSPS) is 48.4.